The summed E-state index contributed by atoms with van der Waals surface area (Å²) in [6.45, 7) is 5.09. The summed E-state index contributed by atoms with van der Waals surface area (Å²) in [6.07, 6.45) is 0. The Bertz CT molecular complexity index is 697. The van der Waals surface area contributed by atoms with E-state index < -0.39 is 0 Å². The van der Waals surface area contributed by atoms with E-state index in [1.807, 2.05) is 24.4 Å². The van der Waals surface area contributed by atoms with Crippen molar-refractivity contribution >= 4 is 34.0 Å². The Hall–Kier alpha value is -2.41. The molecule has 1 aromatic heterocycles. The number of aryl methyl sites for hydroxylation is 1. The third-order valence-corrected chi connectivity index (χ3v) is 3.46. The van der Waals surface area contributed by atoms with Crippen molar-refractivity contribution in [1.82, 2.24) is 4.98 Å². The van der Waals surface area contributed by atoms with Gasteiger partial charge in [0, 0.05) is 19.2 Å². The van der Waals surface area contributed by atoms with Crippen molar-refractivity contribution in [3.05, 3.63) is 34.8 Å². The van der Waals surface area contributed by atoms with Crippen LogP contribution in [-0.4, -0.2) is 16.8 Å². The highest BCUT2D eigenvalue weighted by atomic mass is 32.1. The fourth-order valence-corrected chi connectivity index (χ4v) is 2.52. The fraction of sp³-hybridized carbons (Fsp3) is 0.267. The largest absolute Gasteiger partial charge is 0.485 e. The van der Waals surface area contributed by atoms with Crippen molar-refractivity contribution in [1.29, 1.82) is 0 Å². The summed E-state index contributed by atoms with van der Waals surface area (Å²) in [5.74, 6) is 0.271. The van der Waals surface area contributed by atoms with Crippen molar-refractivity contribution < 1.29 is 14.3 Å². The molecule has 2 aromatic rings. The normalized spacial score (nSPS) is 10.1. The zero-order valence-corrected chi connectivity index (χ0v) is 13.4. The Balaban J connectivity index is 2.07. The van der Waals surface area contributed by atoms with Gasteiger partial charge in [0.1, 0.15) is 12.4 Å². The Morgan fingerprint density at radius 3 is 2.64 bits per heavy atom. The second-order valence-corrected chi connectivity index (χ2v) is 5.65. The highest BCUT2D eigenvalue weighted by Gasteiger charge is 2.08. The maximum atomic E-state index is 11.2. The van der Waals surface area contributed by atoms with Crippen molar-refractivity contribution in [2.24, 2.45) is 0 Å². The zero-order chi connectivity index (χ0) is 16.1. The number of aromatic nitrogens is 1. The summed E-state index contributed by atoms with van der Waals surface area (Å²) in [6, 6.07) is 5.55. The number of nitrogens with one attached hydrogen (secondary N) is 2. The minimum absolute atomic E-state index is 0.157. The number of carbonyl (C=O) groups is 2. The van der Waals surface area contributed by atoms with Crippen molar-refractivity contribution in [2.75, 3.05) is 10.6 Å². The molecular formula is C15H17N3O3S. The molecule has 6 nitrogen and oxygen atoms in total. The molecule has 2 rings (SSSR count). The number of hydrogen-bond acceptors (Lipinski definition) is 5. The minimum Gasteiger partial charge on any atom is -0.485 e. The molecule has 0 saturated carbocycles. The standard InChI is InChI=1S/C15H17N3O3S/c1-9-4-5-13(16-10(2)19)14(6-9)21-7-12-8-22-15(18-12)17-11(3)20/h4-6,8H,7H2,1-3H3,(H,16,19)(H,17,18,20). The molecule has 0 spiro atoms. The summed E-state index contributed by atoms with van der Waals surface area (Å²) >= 11 is 1.34. The van der Waals surface area contributed by atoms with Crippen LogP contribution < -0.4 is 15.4 Å². The van der Waals surface area contributed by atoms with Crippen LogP contribution >= 0.6 is 11.3 Å². The molecule has 116 valence electrons. The van der Waals surface area contributed by atoms with Gasteiger partial charge in [-0.05, 0) is 24.6 Å². The Morgan fingerprint density at radius 2 is 1.95 bits per heavy atom. The van der Waals surface area contributed by atoms with E-state index in [1.54, 1.807) is 6.07 Å². The molecule has 7 heteroatoms. The molecule has 0 radical (unpaired) electrons. The first-order valence-electron chi connectivity index (χ1n) is 6.67. The van der Waals surface area contributed by atoms with Gasteiger partial charge in [0.05, 0.1) is 11.4 Å². The maximum absolute atomic E-state index is 11.2. The predicted octanol–water partition coefficient (Wildman–Crippen LogP) is 2.95. The van der Waals surface area contributed by atoms with Crippen LogP contribution in [0.4, 0.5) is 10.8 Å². The number of hydrogen-bond donors (Lipinski definition) is 2. The van der Waals surface area contributed by atoms with Crippen LogP contribution in [0.2, 0.25) is 0 Å². The maximum Gasteiger partial charge on any atom is 0.223 e. The summed E-state index contributed by atoms with van der Waals surface area (Å²) in [5, 5.41) is 7.71. The molecule has 22 heavy (non-hydrogen) atoms. The molecule has 0 bridgehead atoms. The molecule has 0 atom stereocenters. The van der Waals surface area contributed by atoms with Gasteiger partial charge in [-0.3, -0.25) is 9.59 Å². The number of benzene rings is 1. The lowest BCUT2D eigenvalue weighted by molar-refractivity contribution is -0.115. The average molecular weight is 319 g/mol. The molecule has 0 aliphatic heterocycles. The Labute approximate surface area is 132 Å². The van der Waals surface area contributed by atoms with Gasteiger partial charge in [0.25, 0.3) is 0 Å². The lowest BCUT2D eigenvalue weighted by atomic mass is 10.2. The molecule has 0 aliphatic rings. The molecule has 1 aromatic carbocycles. The molecule has 0 fully saturated rings. The van der Waals surface area contributed by atoms with Crippen LogP contribution in [0.15, 0.2) is 23.6 Å². The van der Waals surface area contributed by atoms with Crippen LogP contribution in [0.3, 0.4) is 0 Å². The van der Waals surface area contributed by atoms with Crippen LogP contribution in [0.25, 0.3) is 0 Å². The molecular weight excluding hydrogens is 302 g/mol. The van der Waals surface area contributed by atoms with E-state index in [0.717, 1.165) is 5.56 Å². The van der Waals surface area contributed by atoms with Gasteiger partial charge in [-0.25, -0.2) is 4.98 Å². The highest BCUT2D eigenvalue weighted by Crippen LogP contribution is 2.27. The van der Waals surface area contributed by atoms with Gasteiger partial charge >= 0.3 is 0 Å². The number of ether oxygens (including phenoxy) is 1. The molecule has 1 heterocycles. The predicted molar refractivity (Wildman–Crippen MR) is 86.2 cm³/mol. The first-order valence-corrected chi connectivity index (χ1v) is 7.55. The third kappa shape index (κ3) is 4.56. The SMILES string of the molecule is CC(=O)Nc1nc(COc2cc(C)ccc2NC(C)=O)cs1. The van der Waals surface area contributed by atoms with Gasteiger partial charge in [0.15, 0.2) is 5.13 Å². The van der Waals surface area contributed by atoms with E-state index in [4.69, 9.17) is 4.74 Å². The first-order chi connectivity index (χ1) is 10.4. The van der Waals surface area contributed by atoms with Gasteiger partial charge in [-0.1, -0.05) is 6.07 Å². The Morgan fingerprint density at radius 1 is 1.23 bits per heavy atom. The van der Waals surface area contributed by atoms with Crippen molar-refractivity contribution in [2.45, 2.75) is 27.4 Å². The summed E-state index contributed by atoms with van der Waals surface area (Å²) in [4.78, 5) is 26.4. The van der Waals surface area contributed by atoms with Gasteiger partial charge < -0.3 is 15.4 Å². The monoisotopic (exact) mass is 319 g/mol. The first kappa shape index (κ1) is 16.0. The van der Waals surface area contributed by atoms with Gasteiger partial charge in [-0.2, -0.15) is 0 Å². The zero-order valence-electron chi connectivity index (χ0n) is 12.6. The quantitative estimate of drug-likeness (QED) is 0.888. The second-order valence-electron chi connectivity index (χ2n) is 4.79. The number of thiazole rings is 1. The second kappa shape index (κ2) is 7.04. The van der Waals surface area contributed by atoms with E-state index in [0.29, 0.717) is 22.3 Å². The summed E-state index contributed by atoms with van der Waals surface area (Å²) < 4.78 is 5.74. The molecule has 0 unspecified atom stereocenters. The number of amides is 2. The number of anilines is 2. The number of carbonyl (C=O) groups excluding carboxylic acids is 2. The number of rotatable bonds is 5. The highest BCUT2D eigenvalue weighted by molar-refractivity contribution is 7.13. The van der Waals surface area contributed by atoms with Crippen LogP contribution in [0, 0.1) is 6.92 Å². The third-order valence-electron chi connectivity index (χ3n) is 2.66. The van der Waals surface area contributed by atoms with Gasteiger partial charge in [0.2, 0.25) is 11.8 Å². The average Bonchev–Trinajstić information content (AvgIpc) is 2.85. The number of nitrogens with zero attached hydrogens (tertiary/aromatic N) is 1. The summed E-state index contributed by atoms with van der Waals surface area (Å²) in [5.41, 5.74) is 2.36. The fourth-order valence-electron chi connectivity index (χ4n) is 1.77. The van der Waals surface area contributed by atoms with Crippen molar-refractivity contribution in [3.8, 4) is 5.75 Å². The van der Waals surface area contributed by atoms with Crippen LogP contribution in [0.5, 0.6) is 5.75 Å². The minimum atomic E-state index is -0.159. The Kier molecular flexibility index (Phi) is 5.11. The van der Waals surface area contributed by atoms with E-state index in [9.17, 15) is 9.59 Å². The molecule has 0 aliphatic carbocycles. The smallest absolute Gasteiger partial charge is 0.223 e. The van der Waals surface area contributed by atoms with E-state index in [1.165, 1.54) is 25.2 Å². The van der Waals surface area contributed by atoms with E-state index >= 15 is 0 Å². The lowest BCUT2D eigenvalue weighted by Crippen LogP contribution is -2.08. The molecule has 2 amide bonds. The van der Waals surface area contributed by atoms with E-state index in [2.05, 4.69) is 15.6 Å². The molecule has 2 N–H and O–H groups in total. The van der Waals surface area contributed by atoms with Crippen LogP contribution in [-0.2, 0) is 16.2 Å². The lowest BCUT2D eigenvalue weighted by Gasteiger charge is -2.11. The topological polar surface area (TPSA) is 80.3 Å². The molecule has 0 saturated heterocycles. The van der Waals surface area contributed by atoms with Crippen molar-refractivity contribution in [3.63, 3.8) is 0 Å². The van der Waals surface area contributed by atoms with Gasteiger partial charge in [-0.15, -0.1) is 11.3 Å². The van der Waals surface area contributed by atoms with Crippen LogP contribution in [0.1, 0.15) is 25.1 Å². The summed E-state index contributed by atoms with van der Waals surface area (Å²) in [7, 11) is 0. The van der Waals surface area contributed by atoms with E-state index in [-0.39, 0.29) is 18.4 Å².